The summed E-state index contributed by atoms with van der Waals surface area (Å²) in [6, 6.07) is 3.17. The van der Waals surface area contributed by atoms with Gasteiger partial charge in [-0.25, -0.2) is 13.1 Å². The first-order valence-corrected chi connectivity index (χ1v) is 6.07. The van der Waals surface area contributed by atoms with Crippen molar-refractivity contribution in [1.82, 2.24) is 4.72 Å². The van der Waals surface area contributed by atoms with Crippen molar-refractivity contribution in [3.8, 4) is 0 Å². The third-order valence-electron chi connectivity index (χ3n) is 1.33. The molecule has 1 aromatic rings. The summed E-state index contributed by atoms with van der Waals surface area (Å²) in [5, 5.41) is 4.90. The Labute approximate surface area is 85.2 Å². The maximum absolute atomic E-state index is 11.4. The third kappa shape index (κ3) is 3.00. The maximum atomic E-state index is 11.4. The van der Waals surface area contributed by atoms with Crippen LogP contribution >= 0.6 is 11.3 Å². The molecule has 0 radical (unpaired) electrons. The fourth-order valence-electron chi connectivity index (χ4n) is 0.762. The van der Waals surface area contributed by atoms with E-state index >= 15 is 0 Å². The van der Waals surface area contributed by atoms with Gasteiger partial charge < -0.3 is 0 Å². The average Bonchev–Trinajstić information content (AvgIpc) is 2.65. The second-order valence-corrected chi connectivity index (χ2v) is 5.23. The molecule has 6 nitrogen and oxygen atoms in total. The van der Waals surface area contributed by atoms with Gasteiger partial charge >= 0.3 is 0 Å². The van der Waals surface area contributed by atoms with Crippen LogP contribution < -0.4 is 4.72 Å². The molecule has 0 fully saturated rings. The number of rotatable bonds is 5. The fourth-order valence-corrected chi connectivity index (χ4v) is 2.82. The zero-order valence-electron chi connectivity index (χ0n) is 7.12. The molecule has 0 aliphatic rings. The molecule has 0 atom stereocenters. The maximum Gasteiger partial charge on any atom is 0.250 e. The normalized spacial score (nSPS) is 10.9. The molecule has 0 bridgehead atoms. The Balaban J connectivity index is 2.56. The zero-order chi connectivity index (χ0) is 10.4. The minimum Gasteiger partial charge on any atom is -0.210 e. The van der Waals surface area contributed by atoms with Gasteiger partial charge in [0, 0.05) is 18.0 Å². The Morgan fingerprint density at radius 1 is 1.64 bits per heavy atom. The number of hydrogen-bond acceptors (Lipinski definition) is 4. The van der Waals surface area contributed by atoms with E-state index in [9.17, 15) is 8.42 Å². The smallest absolute Gasteiger partial charge is 0.210 e. The predicted octanol–water partition coefficient (Wildman–Crippen LogP) is 1.34. The molecule has 14 heavy (non-hydrogen) atoms. The minimum absolute atomic E-state index is 0.112. The van der Waals surface area contributed by atoms with Crippen LogP contribution in [0.4, 0.5) is 0 Å². The van der Waals surface area contributed by atoms with Crippen molar-refractivity contribution < 1.29 is 8.42 Å². The molecular weight excluding hydrogens is 224 g/mol. The number of hydrogen-bond donors (Lipinski definition) is 1. The van der Waals surface area contributed by atoms with Crippen LogP contribution in [-0.2, 0) is 10.0 Å². The second kappa shape index (κ2) is 4.97. The van der Waals surface area contributed by atoms with E-state index < -0.39 is 10.0 Å². The van der Waals surface area contributed by atoms with E-state index in [2.05, 4.69) is 14.7 Å². The number of nitrogens with one attached hydrogen (secondary N) is 1. The Hall–Kier alpha value is -1.08. The first kappa shape index (κ1) is 11.0. The summed E-state index contributed by atoms with van der Waals surface area (Å²) in [6.45, 7) is 0.228. The van der Waals surface area contributed by atoms with Crippen molar-refractivity contribution in [1.29, 1.82) is 0 Å². The van der Waals surface area contributed by atoms with Crippen LogP contribution in [0.1, 0.15) is 0 Å². The molecule has 0 spiro atoms. The van der Waals surface area contributed by atoms with Gasteiger partial charge in [-0.15, -0.1) is 11.3 Å². The van der Waals surface area contributed by atoms with Gasteiger partial charge in [-0.1, -0.05) is 11.2 Å². The van der Waals surface area contributed by atoms with Crippen LogP contribution in [0.25, 0.3) is 10.4 Å². The van der Waals surface area contributed by atoms with Crippen molar-refractivity contribution in [3.63, 3.8) is 0 Å². The minimum atomic E-state index is -3.41. The molecule has 1 N–H and O–H groups in total. The molecule has 8 heteroatoms. The Morgan fingerprint density at radius 2 is 2.43 bits per heavy atom. The summed E-state index contributed by atoms with van der Waals surface area (Å²) in [5.74, 6) is 0. The number of sulfonamides is 1. The first-order chi connectivity index (χ1) is 6.67. The van der Waals surface area contributed by atoms with Gasteiger partial charge in [0.1, 0.15) is 4.21 Å². The molecular formula is C6H8N4O2S2. The van der Waals surface area contributed by atoms with E-state index in [1.165, 1.54) is 6.07 Å². The lowest BCUT2D eigenvalue weighted by molar-refractivity contribution is 0.584. The van der Waals surface area contributed by atoms with Crippen molar-refractivity contribution >= 4 is 21.4 Å². The average molecular weight is 232 g/mol. The van der Waals surface area contributed by atoms with Gasteiger partial charge in [-0.05, 0) is 17.0 Å². The summed E-state index contributed by atoms with van der Waals surface area (Å²) in [5.41, 5.74) is 7.96. The quantitative estimate of drug-likeness (QED) is 0.359. The van der Waals surface area contributed by atoms with Gasteiger partial charge in [0.2, 0.25) is 10.0 Å². The van der Waals surface area contributed by atoms with Gasteiger partial charge in [0.05, 0.1) is 0 Å². The number of thiophene rings is 1. The highest BCUT2D eigenvalue weighted by molar-refractivity contribution is 7.91. The summed E-state index contributed by atoms with van der Waals surface area (Å²) >= 11 is 1.14. The molecule has 0 aliphatic carbocycles. The molecule has 0 aromatic carbocycles. The van der Waals surface area contributed by atoms with E-state index in [0.29, 0.717) is 0 Å². The van der Waals surface area contributed by atoms with Crippen LogP contribution in [-0.4, -0.2) is 21.5 Å². The van der Waals surface area contributed by atoms with E-state index in [-0.39, 0.29) is 17.3 Å². The largest absolute Gasteiger partial charge is 0.250 e. The van der Waals surface area contributed by atoms with Gasteiger partial charge in [0.15, 0.2) is 0 Å². The highest BCUT2D eigenvalue weighted by Crippen LogP contribution is 2.14. The predicted molar refractivity (Wildman–Crippen MR) is 53.5 cm³/mol. The van der Waals surface area contributed by atoms with Gasteiger partial charge in [-0.2, -0.15) is 0 Å². The summed E-state index contributed by atoms with van der Waals surface area (Å²) in [4.78, 5) is 2.51. The van der Waals surface area contributed by atoms with E-state index in [1.54, 1.807) is 11.4 Å². The van der Waals surface area contributed by atoms with Crippen LogP contribution in [0.5, 0.6) is 0 Å². The van der Waals surface area contributed by atoms with Crippen LogP contribution in [0.2, 0.25) is 0 Å². The Bertz CT molecular complexity index is 419. The second-order valence-electron chi connectivity index (χ2n) is 2.28. The molecule has 0 unspecified atom stereocenters. The lowest BCUT2D eigenvalue weighted by Gasteiger charge is -2.01. The first-order valence-electron chi connectivity index (χ1n) is 3.71. The van der Waals surface area contributed by atoms with E-state index in [1.807, 2.05) is 0 Å². The van der Waals surface area contributed by atoms with E-state index in [4.69, 9.17) is 5.53 Å². The summed E-state index contributed by atoms with van der Waals surface area (Å²) < 4.78 is 25.4. The third-order valence-corrected chi connectivity index (χ3v) is 4.19. The lowest BCUT2D eigenvalue weighted by atomic mass is 10.7. The van der Waals surface area contributed by atoms with Crippen LogP contribution in [0, 0.1) is 0 Å². The monoisotopic (exact) mass is 232 g/mol. The number of nitrogens with zero attached hydrogens (tertiary/aromatic N) is 3. The Kier molecular flexibility index (Phi) is 3.90. The molecule has 0 aliphatic heterocycles. The summed E-state index contributed by atoms with van der Waals surface area (Å²) in [6.07, 6.45) is 0. The van der Waals surface area contributed by atoms with Crippen molar-refractivity contribution in [2.24, 2.45) is 5.11 Å². The Morgan fingerprint density at radius 3 is 3.00 bits per heavy atom. The molecule has 76 valence electrons. The molecule has 0 amide bonds. The van der Waals surface area contributed by atoms with Crippen molar-refractivity contribution in [2.45, 2.75) is 4.21 Å². The SMILES string of the molecule is [N-]=[N+]=NCCNS(=O)(=O)c1cccs1. The lowest BCUT2D eigenvalue weighted by Crippen LogP contribution is -2.25. The summed E-state index contributed by atoms with van der Waals surface area (Å²) in [7, 11) is -3.41. The van der Waals surface area contributed by atoms with Crippen molar-refractivity contribution in [3.05, 3.63) is 28.0 Å². The molecule has 0 saturated carbocycles. The zero-order valence-corrected chi connectivity index (χ0v) is 8.75. The highest BCUT2D eigenvalue weighted by atomic mass is 32.2. The molecule has 1 aromatic heterocycles. The molecule has 0 saturated heterocycles. The molecule has 1 heterocycles. The van der Waals surface area contributed by atoms with Crippen LogP contribution in [0.3, 0.4) is 0 Å². The highest BCUT2D eigenvalue weighted by Gasteiger charge is 2.13. The topological polar surface area (TPSA) is 94.9 Å². The van der Waals surface area contributed by atoms with Gasteiger partial charge in [-0.3, -0.25) is 0 Å². The van der Waals surface area contributed by atoms with Crippen LogP contribution in [0.15, 0.2) is 26.8 Å². The number of azide groups is 1. The van der Waals surface area contributed by atoms with Crippen molar-refractivity contribution in [2.75, 3.05) is 13.1 Å². The fraction of sp³-hybridized carbons (Fsp3) is 0.333. The van der Waals surface area contributed by atoms with E-state index in [0.717, 1.165) is 11.3 Å². The standard InChI is InChI=1S/C6H8N4O2S2/c7-10-8-3-4-9-14(11,12)6-2-1-5-13-6/h1-2,5,9H,3-4H2. The molecule has 1 rings (SSSR count). The van der Waals surface area contributed by atoms with Gasteiger partial charge in [0.25, 0.3) is 0 Å².